The monoisotopic (exact) mass is 400 g/mol. The van der Waals surface area contributed by atoms with E-state index in [9.17, 15) is 8.78 Å². The van der Waals surface area contributed by atoms with Gasteiger partial charge in [0.2, 0.25) is 0 Å². The molecule has 0 saturated heterocycles. The summed E-state index contributed by atoms with van der Waals surface area (Å²) in [6.07, 6.45) is 12.6. The highest BCUT2D eigenvalue weighted by molar-refractivity contribution is 5.26. The van der Waals surface area contributed by atoms with Gasteiger partial charge in [0, 0.05) is 6.07 Å². The summed E-state index contributed by atoms with van der Waals surface area (Å²) in [6, 6.07) is 13.9. The molecule has 1 nitrogen and oxygen atoms in total. The lowest BCUT2D eigenvalue weighted by Crippen LogP contribution is -2.16. The van der Waals surface area contributed by atoms with E-state index in [-0.39, 0.29) is 6.10 Å². The van der Waals surface area contributed by atoms with Crippen molar-refractivity contribution in [1.82, 2.24) is 0 Å². The zero-order valence-electron chi connectivity index (χ0n) is 17.6. The van der Waals surface area contributed by atoms with Crippen LogP contribution in [0.1, 0.15) is 82.8 Å². The number of hydrogen-bond donors (Lipinski definition) is 0. The predicted molar refractivity (Wildman–Crippen MR) is 115 cm³/mol. The molecule has 0 aromatic heterocycles. The standard InChI is InChI=1S/C26H34F2O/c1-2-3-5-8-20-11-13-21(14-12-20)15-18-26(22-9-6-4-7-10-22)29-23-16-17-24(27)25(28)19-23/h4,6-7,9-10,16-17,19-21,26H,2-3,5,8,11-15,18H2,1H3/t20-,21-,26?. The lowest BCUT2D eigenvalue weighted by atomic mass is 9.77. The van der Waals surface area contributed by atoms with E-state index in [1.807, 2.05) is 18.2 Å². The molecule has 158 valence electrons. The SMILES string of the molecule is CCCCC[C@H]1CC[C@H](CCC(Oc2ccc(F)c(F)c2)c2ccccc2)CC1. The predicted octanol–water partition coefficient (Wildman–Crippen LogP) is 8.25. The van der Waals surface area contributed by atoms with Gasteiger partial charge in [0.05, 0.1) is 0 Å². The quantitative estimate of drug-likeness (QED) is 0.365. The summed E-state index contributed by atoms with van der Waals surface area (Å²) in [5, 5.41) is 0. The summed E-state index contributed by atoms with van der Waals surface area (Å²) in [6.45, 7) is 2.27. The Morgan fingerprint density at radius 2 is 1.55 bits per heavy atom. The third-order valence-corrected chi connectivity index (χ3v) is 6.36. The Hall–Kier alpha value is -1.90. The fourth-order valence-electron chi connectivity index (χ4n) is 4.55. The Kier molecular flexibility index (Phi) is 8.52. The number of benzene rings is 2. The van der Waals surface area contributed by atoms with Crippen LogP contribution in [0.3, 0.4) is 0 Å². The summed E-state index contributed by atoms with van der Waals surface area (Å²) in [5.74, 6) is 0.343. The molecule has 1 unspecified atom stereocenters. The van der Waals surface area contributed by atoms with Gasteiger partial charge in [-0.05, 0) is 42.4 Å². The second-order valence-electron chi connectivity index (χ2n) is 8.55. The van der Waals surface area contributed by atoms with Crippen LogP contribution in [-0.2, 0) is 0 Å². The fourth-order valence-corrected chi connectivity index (χ4v) is 4.55. The second kappa shape index (κ2) is 11.3. The molecular formula is C26H34F2O. The molecule has 1 aliphatic rings. The molecule has 0 aliphatic heterocycles. The number of rotatable bonds is 10. The van der Waals surface area contributed by atoms with E-state index in [2.05, 4.69) is 19.1 Å². The lowest BCUT2D eigenvalue weighted by Gasteiger charge is -2.30. The molecule has 0 heterocycles. The normalized spacial score (nSPS) is 20.4. The molecule has 0 spiro atoms. The van der Waals surface area contributed by atoms with Gasteiger partial charge in [-0.15, -0.1) is 0 Å². The molecule has 1 aliphatic carbocycles. The first-order chi connectivity index (χ1) is 14.2. The second-order valence-corrected chi connectivity index (χ2v) is 8.55. The molecular weight excluding hydrogens is 366 g/mol. The van der Waals surface area contributed by atoms with Crippen molar-refractivity contribution in [2.24, 2.45) is 11.8 Å². The molecule has 1 fully saturated rings. The topological polar surface area (TPSA) is 9.23 Å². The Labute approximate surface area is 174 Å². The highest BCUT2D eigenvalue weighted by atomic mass is 19.2. The zero-order valence-corrected chi connectivity index (χ0v) is 17.6. The Morgan fingerprint density at radius 1 is 0.862 bits per heavy atom. The van der Waals surface area contributed by atoms with Crippen LogP contribution >= 0.6 is 0 Å². The van der Waals surface area contributed by atoms with Crippen LogP contribution in [0.2, 0.25) is 0 Å². The van der Waals surface area contributed by atoms with Crippen molar-refractivity contribution in [3.05, 3.63) is 65.7 Å². The molecule has 2 aromatic carbocycles. The minimum atomic E-state index is -0.865. The summed E-state index contributed by atoms with van der Waals surface area (Å²) in [7, 11) is 0. The number of halogens is 2. The Balaban J connectivity index is 1.55. The molecule has 0 bridgehead atoms. The molecule has 1 saturated carbocycles. The third kappa shape index (κ3) is 6.83. The maximum absolute atomic E-state index is 13.6. The van der Waals surface area contributed by atoms with E-state index in [0.29, 0.717) is 5.75 Å². The Bertz CT molecular complexity index is 723. The van der Waals surface area contributed by atoms with Crippen LogP contribution < -0.4 is 4.74 Å². The highest BCUT2D eigenvalue weighted by Gasteiger charge is 2.23. The molecule has 0 radical (unpaired) electrons. The van der Waals surface area contributed by atoms with Crippen LogP contribution in [0, 0.1) is 23.5 Å². The third-order valence-electron chi connectivity index (χ3n) is 6.36. The maximum atomic E-state index is 13.6. The van der Waals surface area contributed by atoms with E-state index in [0.717, 1.165) is 42.4 Å². The molecule has 0 amide bonds. The average Bonchev–Trinajstić information content (AvgIpc) is 2.75. The van der Waals surface area contributed by atoms with Gasteiger partial charge in [0.25, 0.3) is 0 Å². The minimum absolute atomic E-state index is 0.136. The van der Waals surface area contributed by atoms with Crippen molar-refractivity contribution in [2.75, 3.05) is 0 Å². The first-order valence-corrected chi connectivity index (χ1v) is 11.3. The molecule has 3 heteroatoms. The van der Waals surface area contributed by atoms with Crippen LogP contribution in [0.25, 0.3) is 0 Å². The summed E-state index contributed by atoms with van der Waals surface area (Å²) < 4.78 is 33.0. The summed E-state index contributed by atoms with van der Waals surface area (Å²) in [4.78, 5) is 0. The highest BCUT2D eigenvalue weighted by Crippen LogP contribution is 2.36. The van der Waals surface area contributed by atoms with Crippen molar-refractivity contribution in [1.29, 1.82) is 0 Å². The van der Waals surface area contributed by atoms with Gasteiger partial charge in [-0.3, -0.25) is 0 Å². The number of ether oxygens (including phenoxy) is 1. The van der Waals surface area contributed by atoms with Crippen LogP contribution in [0.5, 0.6) is 5.75 Å². The zero-order chi connectivity index (χ0) is 20.5. The number of hydrogen-bond acceptors (Lipinski definition) is 1. The molecule has 29 heavy (non-hydrogen) atoms. The van der Waals surface area contributed by atoms with Crippen LogP contribution in [0.4, 0.5) is 8.78 Å². The smallest absolute Gasteiger partial charge is 0.162 e. The van der Waals surface area contributed by atoms with Gasteiger partial charge < -0.3 is 4.74 Å². The van der Waals surface area contributed by atoms with E-state index in [1.165, 1.54) is 57.4 Å². The average molecular weight is 401 g/mol. The molecule has 1 atom stereocenters. The maximum Gasteiger partial charge on any atom is 0.162 e. The van der Waals surface area contributed by atoms with E-state index in [1.54, 1.807) is 0 Å². The van der Waals surface area contributed by atoms with Crippen molar-refractivity contribution in [3.8, 4) is 5.75 Å². The van der Waals surface area contributed by atoms with Gasteiger partial charge in [-0.1, -0.05) is 88.6 Å². The lowest BCUT2D eigenvalue weighted by molar-refractivity contribution is 0.167. The largest absolute Gasteiger partial charge is 0.486 e. The van der Waals surface area contributed by atoms with E-state index < -0.39 is 11.6 Å². The van der Waals surface area contributed by atoms with Crippen molar-refractivity contribution < 1.29 is 13.5 Å². The van der Waals surface area contributed by atoms with Gasteiger partial charge in [-0.2, -0.15) is 0 Å². The van der Waals surface area contributed by atoms with Gasteiger partial charge in [-0.25, -0.2) is 8.78 Å². The summed E-state index contributed by atoms with van der Waals surface area (Å²) >= 11 is 0. The number of unbranched alkanes of at least 4 members (excludes halogenated alkanes) is 2. The van der Waals surface area contributed by atoms with Crippen LogP contribution in [0.15, 0.2) is 48.5 Å². The fraction of sp³-hybridized carbons (Fsp3) is 0.538. The van der Waals surface area contributed by atoms with Gasteiger partial charge in [0.1, 0.15) is 11.9 Å². The van der Waals surface area contributed by atoms with E-state index >= 15 is 0 Å². The van der Waals surface area contributed by atoms with Crippen LogP contribution in [-0.4, -0.2) is 0 Å². The minimum Gasteiger partial charge on any atom is -0.486 e. The van der Waals surface area contributed by atoms with Crippen molar-refractivity contribution in [2.45, 2.75) is 77.2 Å². The first-order valence-electron chi connectivity index (χ1n) is 11.3. The molecule has 3 rings (SSSR count). The molecule has 2 aromatic rings. The van der Waals surface area contributed by atoms with Gasteiger partial charge in [0.15, 0.2) is 11.6 Å². The molecule has 0 N–H and O–H groups in total. The van der Waals surface area contributed by atoms with E-state index in [4.69, 9.17) is 4.74 Å². The Morgan fingerprint density at radius 3 is 2.21 bits per heavy atom. The first kappa shape index (κ1) is 21.8. The summed E-state index contributed by atoms with van der Waals surface area (Å²) in [5.41, 5.74) is 1.09. The van der Waals surface area contributed by atoms with Gasteiger partial charge >= 0.3 is 0 Å². The van der Waals surface area contributed by atoms with Crippen molar-refractivity contribution >= 4 is 0 Å². The van der Waals surface area contributed by atoms with Crippen molar-refractivity contribution in [3.63, 3.8) is 0 Å².